The highest BCUT2D eigenvalue weighted by molar-refractivity contribution is 5.97. The van der Waals surface area contributed by atoms with Gasteiger partial charge in [0, 0.05) is 25.5 Å². The van der Waals surface area contributed by atoms with Crippen LogP contribution in [0.5, 0.6) is 0 Å². The Morgan fingerprint density at radius 2 is 2.15 bits per heavy atom. The SMILES string of the molecule is Cc1cnccc1CN1C(=O)C2CCCN2C(=O)C1C. The molecule has 2 atom stereocenters. The van der Waals surface area contributed by atoms with Crippen LogP contribution < -0.4 is 0 Å². The van der Waals surface area contributed by atoms with E-state index >= 15 is 0 Å². The van der Waals surface area contributed by atoms with Gasteiger partial charge in [-0.3, -0.25) is 14.6 Å². The molecule has 0 radical (unpaired) electrons. The predicted octanol–water partition coefficient (Wildman–Crippen LogP) is 1.11. The molecule has 0 spiro atoms. The van der Waals surface area contributed by atoms with Crippen molar-refractivity contribution < 1.29 is 9.59 Å². The van der Waals surface area contributed by atoms with Crippen molar-refractivity contribution in [3.05, 3.63) is 29.6 Å². The van der Waals surface area contributed by atoms with Crippen molar-refractivity contribution in [1.82, 2.24) is 14.8 Å². The van der Waals surface area contributed by atoms with E-state index in [-0.39, 0.29) is 23.9 Å². The van der Waals surface area contributed by atoms with E-state index in [2.05, 4.69) is 4.98 Å². The maximum Gasteiger partial charge on any atom is 0.246 e. The Morgan fingerprint density at radius 3 is 2.90 bits per heavy atom. The van der Waals surface area contributed by atoms with Crippen LogP contribution in [0.15, 0.2) is 18.5 Å². The van der Waals surface area contributed by atoms with Gasteiger partial charge >= 0.3 is 0 Å². The van der Waals surface area contributed by atoms with E-state index in [0.717, 1.165) is 30.5 Å². The van der Waals surface area contributed by atoms with Gasteiger partial charge in [-0.2, -0.15) is 0 Å². The summed E-state index contributed by atoms with van der Waals surface area (Å²) < 4.78 is 0. The number of hydrogen-bond acceptors (Lipinski definition) is 3. The molecule has 2 fully saturated rings. The van der Waals surface area contributed by atoms with Crippen molar-refractivity contribution in [2.45, 2.75) is 45.3 Å². The van der Waals surface area contributed by atoms with Crippen LogP contribution in [0.25, 0.3) is 0 Å². The van der Waals surface area contributed by atoms with Crippen molar-refractivity contribution in [2.24, 2.45) is 0 Å². The van der Waals surface area contributed by atoms with Crippen LogP contribution in [0, 0.1) is 6.92 Å². The van der Waals surface area contributed by atoms with Crippen LogP contribution in [0.1, 0.15) is 30.9 Å². The second-order valence-electron chi connectivity index (χ2n) is 5.63. The minimum Gasteiger partial charge on any atom is -0.329 e. The molecule has 3 heterocycles. The van der Waals surface area contributed by atoms with Gasteiger partial charge in [0.25, 0.3) is 0 Å². The van der Waals surface area contributed by atoms with Gasteiger partial charge in [0.05, 0.1) is 0 Å². The summed E-state index contributed by atoms with van der Waals surface area (Å²) >= 11 is 0. The number of carbonyl (C=O) groups is 2. The van der Waals surface area contributed by atoms with E-state index in [0.29, 0.717) is 6.54 Å². The van der Waals surface area contributed by atoms with E-state index in [4.69, 9.17) is 0 Å². The van der Waals surface area contributed by atoms with E-state index in [9.17, 15) is 9.59 Å². The first-order valence-electron chi connectivity index (χ1n) is 7.10. The minimum atomic E-state index is -0.371. The first-order chi connectivity index (χ1) is 9.59. The van der Waals surface area contributed by atoms with E-state index in [1.165, 1.54) is 0 Å². The Hall–Kier alpha value is -1.91. The maximum atomic E-state index is 12.6. The lowest BCUT2D eigenvalue weighted by molar-refractivity contribution is -0.159. The first-order valence-corrected chi connectivity index (χ1v) is 7.10. The highest BCUT2D eigenvalue weighted by Gasteiger charge is 2.45. The molecule has 2 unspecified atom stereocenters. The summed E-state index contributed by atoms with van der Waals surface area (Å²) in [7, 11) is 0. The summed E-state index contributed by atoms with van der Waals surface area (Å²) in [5, 5.41) is 0. The number of pyridine rings is 1. The average Bonchev–Trinajstić information content (AvgIpc) is 2.93. The fourth-order valence-electron chi connectivity index (χ4n) is 3.12. The molecule has 106 valence electrons. The number of fused-ring (bicyclic) bond motifs is 1. The molecule has 20 heavy (non-hydrogen) atoms. The average molecular weight is 273 g/mol. The van der Waals surface area contributed by atoms with Crippen LogP contribution in [0.3, 0.4) is 0 Å². The van der Waals surface area contributed by atoms with Gasteiger partial charge in [0.15, 0.2) is 0 Å². The lowest BCUT2D eigenvalue weighted by Crippen LogP contribution is -2.61. The molecule has 0 bridgehead atoms. The summed E-state index contributed by atoms with van der Waals surface area (Å²) in [6.45, 7) is 5.02. The zero-order valence-corrected chi connectivity index (χ0v) is 11.9. The minimum absolute atomic E-state index is 0.0822. The smallest absolute Gasteiger partial charge is 0.246 e. The summed E-state index contributed by atoms with van der Waals surface area (Å²) in [4.78, 5) is 32.5. The second-order valence-corrected chi connectivity index (χ2v) is 5.63. The number of carbonyl (C=O) groups excluding carboxylic acids is 2. The molecule has 1 aromatic rings. The zero-order valence-electron chi connectivity index (χ0n) is 11.9. The maximum absolute atomic E-state index is 12.6. The van der Waals surface area contributed by atoms with Gasteiger partial charge in [0.2, 0.25) is 11.8 Å². The monoisotopic (exact) mass is 273 g/mol. The number of aryl methyl sites for hydroxylation is 1. The van der Waals surface area contributed by atoms with E-state index in [1.54, 1.807) is 22.2 Å². The Bertz CT molecular complexity index is 558. The van der Waals surface area contributed by atoms with Crippen LogP contribution >= 0.6 is 0 Å². The van der Waals surface area contributed by atoms with E-state index < -0.39 is 0 Å². The quantitative estimate of drug-likeness (QED) is 0.811. The van der Waals surface area contributed by atoms with Crippen molar-refractivity contribution in [3.63, 3.8) is 0 Å². The molecule has 3 rings (SSSR count). The highest BCUT2D eigenvalue weighted by atomic mass is 16.2. The molecule has 0 N–H and O–H groups in total. The Morgan fingerprint density at radius 1 is 1.35 bits per heavy atom. The Kier molecular flexibility index (Phi) is 3.20. The molecule has 2 amide bonds. The van der Waals surface area contributed by atoms with Crippen LogP contribution in [0.2, 0.25) is 0 Å². The summed E-state index contributed by atoms with van der Waals surface area (Å²) in [5.74, 6) is 0.171. The largest absolute Gasteiger partial charge is 0.329 e. The Balaban J connectivity index is 1.87. The van der Waals surface area contributed by atoms with E-state index in [1.807, 2.05) is 19.9 Å². The van der Waals surface area contributed by atoms with Gasteiger partial charge in [-0.05, 0) is 43.9 Å². The molecule has 2 saturated heterocycles. The second kappa shape index (κ2) is 4.89. The number of hydrogen-bond donors (Lipinski definition) is 0. The molecule has 2 aliphatic rings. The third kappa shape index (κ3) is 1.97. The van der Waals surface area contributed by atoms with Gasteiger partial charge in [-0.25, -0.2) is 0 Å². The number of piperazine rings is 1. The third-order valence-electron chi connectivity index (χ3n) is 4.41. The van der Waals surface area contributed by atoms with Gasteiger partial charge in [-0.15, -0.1) is 0 Å². The van der Waals surface area contributed by atoms with Gasteiger partial charge < -0.3 is 9.80 Å². The van der Waals surface area contributed by atoms with Gasteiger partial charge in [-0.1, -0.05) is 0 Å². The molecular formula is C15H19N3O2. The van der Waals surface area contributed by atoms with Crippen molar-refractivity contribution >= 4 is 11.8 Å². The predicted molar refractivity (Wildman–Crippen MR) is 73.7 cm³/mol. The molecule has 0 saturated carbocycles. The third-order valence-corrected chi connectivity index (χ3v) is 4.41. The summed E-state index contributed by atoms with van der Waals surface area (Å²) in [6.07, 6.45) is 5.24. The number of amides is 2. The number of aromatic nitrogens is 1. The first kappa shape index (κ1) is 13.1. The molecule has 0 aliphatic carbocycles. The molecule has 5 heteroatoms. The van der Waals surface area contributed by atoms with Crippen molar-refractivity contribution in [1.29, 1.82) is 0 Å². The van der Waals surface area contributed by atoms with Crippen LogP contribution in [-0.2, 0) is 16.1 Å². The highest BCUT2D eigenvalue weighted by Crippen LogP contribution is 2.28. The van der Waals surface area contributed by atoms with Crippen LogP contribution in [-0.4, -0.2) is 45.2 Å². The van der Waals surface area contributed by atoms with Crippen molar-refractivity contribution in [3.8, 4) is 0 Å². The molecule has 2 aliphatic heterocycles. The summed E-state index contributed by atoms with van der Waals surface area (Å²) in [6, 6.07) is 1.31. The topological polar surface area (TPSA) is 53.5 Å². The van der Waals surface area contributed by atoms with Crippen LogP contribution in [0.4, 0.5) is 0 Å². The zero-order chi connectivity index (χ0) is 14.3. The Labute approximate surface area is 118 Å². The fraction of sp³-hybridized carbons (Fsp3) is 0.533. The number of nitrogens with zero attached hydrogens (tertiary/aromatic N) is 3. The molecule has 5 nitrogen and oxygen atoms in total. The van der Waals surface area contributed by atoms with Gasteiger partial charge in [0.1, 0.15) is 12.1 Å². The summed E-state index contributed by atoms with van der Waals surface area (Å²) in [5.41, 5.74) is 2.10. The standard InChI is InChI=1S/C15H19N3O2/c1-10-8-16-6-5-12(10)9-18-11(2)14(19)17-7-3-4-13(17)15(18)20/h5-6,8,11,13H,3-4,7,9H2,1-2H3. The molecule has 0 aromatic carbocycles. The van der Waals surface area contributed by atoms with Crippen molar-refractivity contribution in [2.75, 3.05) is 6.54 Å². The number of rotatable bonds is 2. The molecule has 1 aromatic heterocycles. The lowest BCUT2D eigenvalue weighted by atomic mass is 10.0. The fourth-order valence-corrected chi connectivity index (χ4v) is 3.12. The normalized spacial score (nSPS) is 26.1. The lowest BCUT2D eigenvalue weighted by Gasteiger charge is -2.41. The molecular weight excluding hydrogens is 254 g/mol.